The van der Waals surface area contributed by atoms with Crippen LogP contribution in [0.1, 0.15) is 11.1 Å². The SMILES string of the molecule is O=[N+]([O-])C(/C=C/c1ccc([N+](=O)[O-])cc1)=C1\NCCN1Cc1ccc(Cl)nc1. The second-order valence-electron chi connectivity index (χ2n) is 6.01. The molecule has 1 aliphatic rings. The Kier molecular flexibility index (Phi) is 5.85. The number of nitrogens with zero attached hydrogens (tertiary/aromatic N) is 4. The largest absolute Gasteiger partial charge is 0.364 e. The lowest BCUT2D eigenvalue weighted by atomic mass is 10.2. The van der Waals surface area contributed by atoms with Crippen LogP contribution in [-0.4, -0.2) is 32.8 Å². The Bertz CT molecular complexity index is 941. The zero-order valence-electron chi connectivity index (χ0n) is 14.6. The normalized spacial score (nSPS) is 15.5. The molecule has 1 fully saturated rings. The molecule has 1 saturated heterocycles. The summed E-state index contributed by atoms with van der Waals surface area (Å²) < 4.78 is 0. The number of rotatable bonds is 6. The molecule has 2 aromatic rings. The molecule has 0 spiro atoms. The molecular weight excluding hydrogens is 386 g/mol. The molecule has 0 amide bonds. The van der Waals surface area contributed by atoms with Gasteiger partial charge in [-0.1, -0.05) is 17.7 Å². The van der Waals surface area contributed by atoms with E-state index in [2.05, 4.69) is 10.3 Å². The van der Waals surface area contributed by atoms with Gasteiger partial charge in [0.25, 0.3) is 5.69 Å². The molecule has 0 aliphatic carbocycles. The predicted molar refractivity (Wildman–Crippen MR) is 104 cm³/mol. The molecule has 1 N–H and O–H groups in total. The fourth-order valence-corrected chi connectivity index (χ4v) is 2.88. The number of nitrogens with one attached hydrogen (secondary N) is 1. The Morgan fingerprint density at radius 3 is 2.57 bits per heavy atom. The Labute approximate surface area is 165 Å². The van der Waals surface area contributed by atoms with Crippen molar-refractivity contribution < 1.29 is 9.85 Å². The molecule has 1 aromatic carbocycles. The number of pyridine rings is 1. The second kappa shape index (κ2) is 8.49. The molecule has 0 radical (unpaired) electrons. The molecule has 0 unspecified atom stereocenters. The summed E-state index contributed by atoms with van der Waals surface area (Å²) in [6, 6.07) is 9.28. The van der Waals surface area contributed by atoms with Crippen LogP contribution in [-0.2, 0) is 6.54 Å². The third kappa shape index (κ3) is 4.63. The number of nitro groups is 2. The lowest BCUT2D eigenvalue weighted by Gasteiger charge is -2.18. The van der Waals surface area contributed by atoms with E-state index in [0.717, 1.165) is 5.56 Å². The molecule has 2 heterocycles. The highest BCUT2D eigenvalue weighted by Gasteiger charge is 2.26. The van der Waals surface area contributed by atoms with Crippen molar-refractivity contribution in [1.82, 2.24) is 15.2 Å². The van der Waals surface area contributed by atoms with Crippen molar-refractivity contribution in [1.29, 1.82) is 0 Å². The molecule has 1 aromatic heterocycles. The van der Waals surface area contributed by atoms with Crippen molar-refractivity contribution in [3.8, 4) is 0 Å². The molecule has 3 rings (SSSR count). The van der Waals surface area contributed by atoms with Gasteiger partial charge in [-0.15, -0.1) is 0 Å². The van der Waals surface area contributed by atoms with Gasteiger partial charge in [-0.3, -0.25) is 20.2 Å². The summed E-state index contributed by atoms with van der Waals surface area (Å²) in [5, 5.41) is 25.8. The molecule has 9 nitrogen and oxygen atoms in total. The highest BCUT2D eigenvalue weighted by atomic mass is 35.5. The molecular formula is C18H16ClN5O4. The highest BCUT2D eigenvalue weighted by molar-refractivity contribution is 6.29. The molecule has 10 heteroatoms. The Morgan fingerprint density at radius 2 is 1.96 bits per heavy atom. The fraction of sp³-hybridized carbons (Fsp3) is 0.167. The minimum absolute atomic E-state index is 0.0368. The molecule has 1 aliphatic heterocycles. The van der Waals surface area contributed by atoms with E-state index >= 15 is 0 Å². The molecule has 0 bridgehead atoms. The van der Waals surface area contributed by atoms with Gasteiger partial charge in [0.2, 0.25) is 0 Å². The topological polar surface area (TPSA) is 114 Å². The van der Waals surface area contributed by atoms with E-state index in [-0.39, 0.29) is 11.4 Å². The summed E-state index contributed by atoms with van der Waals surface area (Å²) in [5.74, 6) is 0.415. The molecule has 144 valence electrons. The number of nitro benzene ring substituents is 1. The van der Waals surface area contributed by atoms with Gasteiger partial charge in [-0.05, 0) is 35.4 Å². The van der Waals surface area contributed by atoms with E-state index in [9.17, 15) is 20.2 Å². The van der Waals surface area contributed by atoms with Crippen LogP contribution in [0.2, 0.25) is 5.15 Å². The van der Waals surface area contributed by atoms with E-state index < -0.39 is 9.85 Å². The van der Waals surface area contributed by atoms with E-state index in [1.54, 1.807) is 18.3 Å². The number of allylic oxidation sites excluding steroid dienone is 1. The average molecular weight is 402 g/mol. The lowest BCUT2D eigenvalue weighted by Crippen LogP contribution is -2.23. The van der Waals surface area contributed by atoms with Gasteiger partial charge in [0.05, 0.1) is 9.85 Å². The lowest BCUT2D eigenvalue weighted by molar-refractivity contribution is -0.421. The second-order valence-corrected chi connectivity index (χ2v) is 6.40. The van der Waals surface area contributed by atoms with Crippen molar-refractivity contribution in [2.24, 2.45) is 0 Å². The van der Waals surface area contributed by atoms with Gasteiger partial charge >= 0.3 is 5.70 Å². The van der Waals surface area contributed by atoms with E-state index in [4.69, 9.17) is 11.6 Å². The summed E-state index contributed by atoms with van der Waals surface area (Å²) in [4.78, 5) is 27.3. The molecule has 0 atom stereocenters. The first kappa shape index (κ1) is 19.3. The van der Waals surface area contributed by atoms with Crippen molar-refractivity contribution in [3.63, 3.8) is 0 Å². The minimum Gasteiger partial charge on any atom is -0.364 e. The summed E-state index contributed by atoms with van der Waals surface area (Å²) in [6.45, 7) is 1.65. The maximum absolute atomic E-state index is 11.6. The van der Waals surface area contributed by atoms with Crippen molar-refractivity contribution in [3.05, 3.63) is 96.7 Å². The van der Waals surface area contributed by atoms with Crippen LogP contribution in [0.4, 0.5) is 5.69 Å². The predicted octanol–water partition coefficient (Wildman–Crippen LogP) is 3.21. The van der Waals surface area contributed by atoms with Crippen LogP contribution < -0.4 is 5.32 Å². The Balaban J connectivity index is 1.83. The van der Waals surface area contributed by atoms with Gasteiger partial charge in [0.1, 0.15) is 5.15 Å². The van der Waals surface area contributed by atoms with Crippen LogP contribution in [0.5, 0.6) is 0 Å². The van der Waals surface area contributed by atoms with Crippen LogP contribution in [0.25, 0.3) is 6.08 Å². The number of non-ortho nitro benzene ring substituents is 1. The zero-order chi connectivity index (χ0) is 20.1. The summed E-state index contributed by atoms with van der Waals surface area (Å²) in [6.07, 6.45) is 4.58. The smallest absolute Gasteiger partial charge is 0.309 e. The fourth-order valence-electron chi connectivity index (χ4n) is 2.77. The minimum atomic E-state index is -0.496. The first-order chi connectivity index (χ1) is 13.4. The third-order valence-corrected chi connectivity index (χ3v) is 4.35. The maximum atomic E-state index is 11.6. The van der Waals surface area contributed by atoms with Gasteiger partial charge in [-0.25, -0.2) is 4.98 Å². The molecule has 0 saturated carbocycles. The maximum Gasteiger partial charge on any atom is 0.309 e. The summed E-state index contributed by atoms with van der Waals surface area (Å²) in [5.41, 5.74) is 1.38. The van der Waals surface area contributed by atoms with Crippen LogP contribution in [0, 0.1) is 20.2 Å². The standard InChI is InChI=1S/C18H16ClN5O4/c19-17-8-4-14(11-21-17)12-22-10-9-20-18(22)16(24(27)28)7-3-13-1-5-15(6-2-13)23(25)26/h1-8,11,20H,9-10,12H2/b7-3+,18-16+. The zero-order valence-corrected chi connectivity index (χ0v) is 15.4. The first-order valence-electron chi connectivity index (χ1n) is 8.34. The Morgan fingerprint density at radius 1 is 1.21 bits per heavy atom. The van der Waals surface area contributed by atoms with Crippen LogP contribution in [0.15, 0.2) is 60.2 Å². The monoisotopic (exact) mass is 401 g/mol. The summed E-state index contributed by atoms with van der Waals surface area (Å²) >= 11 is 5.79. The van der Waals surface area contributed by atoms with Crippen LogP contribution in [0.3, 0.4) is 0 Å². The third-order valence-electron chi connectivity index (χ3n) is 4.13. The van der Waals surface area contributed by atoms with E-state index in [1.165, 1.54) is 30.3 Å². The van der Waals surface area contributed by atoms with Gasteiger partial charge in [0, 0.05) is 44.0 Å². The first-order valence-corrected chi connectivity index (χ1v) is 8.72. The van der Waals surface area contributed by atoms with Crippen molar-refractivity contribution in [2.75, 3.05) is 13.1 Å². The van der Waals surface area contributed by atoms with E-state index in [1.807, 2.05) is 11.0 Å². The van der Waals surface area contributed by atoms with Gasteiger partial charge in [0.15, 0.2) is 5.82 Å². The van der Waals surface area contributed by atoms with Crippen LogP contribution >= 0.6 is 11.6 Å². The molecule has 28 heavy (non-hydrogen) atoms. The van der Waals surface area contributed by atoms with Crippen molar-refractivity contribution in [2.45, 2.75) is 6.54 Å². The quantitative estimate of drug-likeness (QED) is 0.449. The number of halogens is 1. The average Bonchev–Trinajstić information content (AvgIpc) is 3.12. The number of hydrogen-bond acceptors (Lipinski definition) is 7. The van der Waals surface area contributed by atoms with Crippen molar-refractivity contribution >= 4 is 23.4 Å². The number of aromatic nitrogens is 1. The van der Waals surface area contributed by atoms with Gasteiger partial charge < -0.3 is 10.2 Å². The Hall–Kier alpha value is -3.46. The highest BCUT2D eigenvalue weighted by Crippen LogP contribution is 2.20. The number of benzene rings is 1. The van der Waals surface area contributed by atoms with Gasteiger partial charge in [-0.2, -0.15) is 0 Å². The number of hydrogen-bond donors (Lipinski definition) is 1. The van der Waals surface area contributed by atoms with E-state index in [0.29, 0.717) is 36.2 Å². The summed E-state index contributed by atoms with van der Waals surface area (Å²) in [7, 11) is 0.